The van der Waals surface area contributed by atoms with E-state index in [4.69, 9.17) is 5.11 Å². The van der Waals surface area contributed by atoms with Crippen LogP contribution in [0.4, 0.5) is 4.79 Å². The minimum Gasteiger partial charge on any atom is -0.480 e. The lowest BCUT2D eigenvalue weighted by Crippen LogP contribution is -2.53. The van der Waals surface area contributed by atoms with Gasteiger partial charge < -0.3 is 15.3 Å². The van der Waals surface area contributed by atoms with E-state index in [0.717, 1.165) is 6.42 Å². The van der Waals surface area contributed by atoms with Crippen molar-refractivity contribution in [3.63, 3.8) is 0 Å². The number of carbonyl (C=O) groups excluding carboxylic acids is 1. The number of rotatable bonds is 5. The van der Waals surface area contributed by atoms with Gasteiger partial charge in [0.2, 0.25) is 0 Å². The highest BCUT2D eigenvalue weighted by Gasteiger charge is 2.33. The van der Waals surface area contributed by atoms with Gasteiger partial charge >= 0.3 is 12.0 Å². The summed E-state index contributed by atoms with van der Waals surface area (Å²) in [4.78, 5) is 24.6. The van der Waals surface area contributed by atoms with E-state index in [1.165, 1.54) is 4.90 Å². The highest BCUT2D eigenvalue weighted by Crippen LogP contribution is 2.19. The van der Waals surface area contributed by atoms with E-state index in [0.29, 0.717) is 12.5 Å². The second kappa shape index (κ2) is 6.61. The molecule has 0 heterocycles. The minimum absolute atomic E-state index is 0.336. The van der Waals surface area contributed by atoms with Crippen molar-refractivity contribution in [3.05, 3.63) is 0 Å². The second-order valence-electron chi connectivity index (χ2n) is 5.98. The largest absolute Gasteiger partial charge is 0.480 e. The van der Waals surface area contributed by atoms with Gasteiger partial charge in [0.1, 0.15) is 6.04 Å². The molecule has 5 heteroatoms. The fourth-order valence-corrected chi connectivity index (χ4v) is 1.56. The summed E-state index contributed by atoms with van der Waals surface area (Å²) < 4.78 is 0. The first-order valence-corrected chi connectivity index (χ1v) is 6.34. The maximum absolute atomic E-state index is 11.9. The number of nitrogens with zero attached hydrogens (tertiary/aromatic N) is 1. The molecule has 2 atom stereocenters. The molecule has 0 saturated heterocycles. The molecular weight excluding hydrogens is 232 g/mol. The van der Waals surface area contributed by atoms with Crippen molar-refractivity contribution in [2.75, 3.05) is 13.6 Å². The first-order chi connectivity index (χ1) is 8.09. The molecule has 0 aliphatic heterocycles. The number of aliphatic carboxylic acids is 1. The molecule has 106 valence electrons. The molecule has 0 bridgehead atoms. The van der Waals surface area contributed by atoms with Crippen LogP contribution in [0.25, 0.3) is 0 Å². The van der Waals surface area contributed by atoms with E-state index in [-0.39, 0.29) is 6.03 Å². The molecule has 0 rings (SSSR count). The van der Waals surface area contributed by atoms with Crippen molar-refractivity contribution < 1.29 is 14.7 Å². The van der Waals surface area contributed by atoms with Gasteiger partial charge in [0.15, 0.2) is 0 Å². The van der Waals surface area contributed by atoms with E-state index in [1.807, 2.05) is 0 Å². The fraction of sp³-hybridized carbons (Fsp3) is 0.846. The van der Waals surface area contributed by atoms with Crippen LogP contribution in [0.2, 0.25) is 0 Å². The zero-order chi connectivity index (χ0) is 14.5. The van der Waals surface area contributed by atoms with Crippen LogP contribution in [0, 0.1) is 11.3 Å². The van der Waals surface area contributed by atoms with Gasteiger partial charge in [-0.2, -0.15) is 0 Å². The number of amides is 2. The van der Waals surface area contributed by atoms with E-state index in [9.17, 15) is 9.59 Å². The summed E-state index contributed by atoms with van der Waals surface area (Å²) in [5.41, 5.74) is -0.515. The van der Waals surface area contributed by atoms with Crippen LogP contribution in [0.15, 0.2) is 0 Å². The number of carbonyl (C=O) groups is 2. The molecule has 0 aromatic heterocycles. The molecule has 0 aromatic rings. The fourth-order valence-electron chi connectivity index (χ4n) is 1.56. The number of hydrogen-bond acceptors (Lipinski definition) is 2. The summed E-state index contributed by atoms with van der Waals surface area (Å²) >= 11 is 0. The molecule has 2 N–H and O–H groups in total. The first-order valence-electron chi connectivity index (χ1n) is 6.34. The third kappa shape index (κ3) is 5.38. The van der Waals surface area contributed by atoms with E-state index >= 15 is 0 Å². The van der Waals surface area contributed by atoms with Crippen LogP contribution in [0.5, 0.6) is 0 Å². The Morgan fingerprint density at radius 1 is 1.33 bits per heavy atom. The van der Waals surface area contributed by atoms with Crippen LogP contribution in [-0.4, -0.2) is 41.6 Å². The molecule has 0 saturated carbocycles. The SMILES string of the molecule is CCC(C)CN(C)C(=O)N[C@H](C(=O)O)C(C)(C)C. The summed E-state index contributed by atoms with van der Waals surface area (Å²) in [6, 6.07) is -1.22. The molecule has 18 heavy (non-hydrogen) atoms. The highest BCUT2D eigenvalue weighted by molar-refractivity contribution is 5.83. The number of carboxylic acid groups (broad SMARTS) is 1. The molecule has 5 nitrogen and oxygen atoms in total. The van der Waals surface area contributed by atoms with Crippen LogP contribution in [-0.2, 0) is 4.79 Å². The Kier molecular flexibility index (Phi) is 6.15. The quantitative estimate of drug-likeness (QED) is 0.794. The lowest BCUT2D eigenvalue weighted by atomic mass is 9.87. The normalized spacial score (nSPS) is 14.8. The summed E-state index contributed by atoms with van der Waals surface area (Å²) in [7, 11) is 1.68. The molecule has 0 aromatic carbocycles. The molecule has 0 fully saturated rings. The van der Waals surface area contributed by atoms with Crippen molar-refractivity contribution in [2.24, 2.45) is 11.3 Å². The Hall–Kier alpha value is -1.26. The molecule has 2 amide bonds. The Labute approximate surface area is 110 Å². The number of nitrogens with one attached hydrogen (secondary N) is 1. The van der Waals surface area contributed by atoms with E-state index in [2.05, 4.69) is 19.2 Å². The monoisotopic (exact) mass is 258 g/mol. The van der Waals surface area contributed by atoms with Crippen LogP contribution in [0.1, 0.15) is 41.0 Å². The minimum atomic E-state index is -1.01. The highest BCUT2D eigenvalue weighted by atomic mass is 16.4. The number of urea groups is 1. The van der Waals surface area contributed by atoms with Gasteiger partial charge in [0.05, 0.1) is 0 Å². The number of carboxylic acids is 1. The Balaban J connectivity index is 4.57. The Bertz CT molecular complexity index is 297. The van der Waals surface area contributed by atoms with Crippen LogP contribution >= 0.6 is 0 Å². The average molecular weight is 258 g/mol. The molecular formula is C13H26N2O3. The Morgan fingerprint density at radius 3 is 2.17 bits per heavy atom. The average Bonchev–Trinajstić information content (AvgIpc) is 2.22. The molecule has 1 unspecified atom stereocenters. The van der Waals surface area contributed by atoms with Gasteiger partial charge in [-0.05, 0) is 11.3 Å². The number of hydrogen-bond donors (Lipinski definition) is 2. The van der Waals surface area contributed by atoms with Crippen molar-refractivity contribution >= 4 is 12.0 Å². The standard InChI is InChI=1S/C13H26N2O3/c1-7-9(2)8-15(6)12(18)14-10(11(16)17)13(3,4)5/h9-10H,7-8H2,1-6H3,(H,14,18)(H,16,17)/t9?,10-/m1/s1. The first kappa shape index (κ1) is 16.7. The lowest BCUT2D eigenvalue weighted by molar-refractivity contribution is -0.142. The zero-order valence-corrected chi connectivity index (χ0v) is 12.3. The smallest absolute Gasteiger partial charge is 0.326 e. The molecule has 0 aliphatic carbocycles. The maximum Gasteiger partial charge on any atom is 0.326 e. The third-order valence-electron chi connectivity index (χ3n) is 3.01. The van der Waals surface area contributed by atoms with Crippen molar-refractivity contribution in [3.8, 4) is 0 Å². The molecule has 0 spiro atoms. The summed E-state index contributed by atoms with van der Waals surface area (Å²) in [6.07, 6.45) is 0.985. The summed E-state index contributed by atoms with van der Waals surface area (Å²) in [6.45, 7) is 10.1. The zero-order valence-electron chi connectivity index (χ0n) is 12.3. The maximum atomic E-state index is 11.9. The lowest BCUT2D eigenvalue weighted by Gasteiger charge is -2.30. The van der Waals surface area contributed by atoms with Gasteiger partial charge in [0.25, 0.3) is 0 Å². The van der Waals surface area contributed by atoms with Crippen molar-refractivity contribution in [1.82, 2.24) is 10.2 Å². The van der Waals surface area contributed by atoms with Gasteiger partial charge in [-0.3, -0.25) is 0 Å². The van der Waals surface area contributed by atoms with Crippen LogP contribution in [0.3, 0.4) is 0 Å². The van der Waals surface area contributed by atoms with E-state index < -0.39 is 17.4 Å². The summed E-state index contributed by atoms with van der Waals surface area (Å²) in [5.74, 6) is -0.605. The van der Waals surface area contributed by atoms with Gasteiger partial charge in [0, 0.05) is 13.6 Å². The van der Waals surface area contributed by atoms with Gasteiger partial charge in [-0.1, -0.05) is 41.0 Å². The molecule has 0 radical (unpaired) electrons. The molecule has 0 aliphatic rings. The van der Waals surface area contributed by atoms with E-state index in [1.54, 1.807) is 27.8 Å². The predicted molar refractivity (Wildman–Crippen MR) is 71.5 cm³/mol. The second-order valence-corrected chi connectivity index (χ2v) is 5.98. The summed E-state index contributed by atoms with van der Waals surface area (Å²) in [5, 5.41) is 11.7. The van der Waals surface area contributed by atoms with Gasteiger partial charge in [-0.15, -0.1) is 0 Å². The van der Waals surface area contributed by atoms with Crippen LogP contribution < -0.4 is 5.32 Å². The Morgan fingerprint density at radius 2 is 1.83 bits per heavy atom. The third-order valence-corrected chi connectivity index (χ3v) is 3.01. The topological polar surface area (TPSA) is 69.6 Å². The van der Waals surface area contributed by atoms with Crippen molar-refractivity contribution in [2.45, 2.75) is 47.1 Å². The van der Waals surface area contributed by atoms with Crippen molar-refractivity contribution in [1.29, 1.82) is 0 Å². The predicted octanol–water partition coefficient (Wildman–Crippen LogP) is 2.17. The van der Waals surface area contributed by atoms with Gasteiger partial charge in [-0.25, -0.2) is 9.59 Å².